The molecule has 19 rings (SSSR count). The second-order valence-corrected chi connectivity index (χ2v) is 26.0. The quantitative estimate of drug-likeness (QED) is 0.120. The van der Waals surface area contributed by atoms with Crippen molar-refractivity contribution in [2.75, 3.05) is 0 Å². The van der Waals surface area contributed by atoms with Crippen molar-refractivity contribution in [3.05, 3.63) is 376 Å². The standard InChI is InChI=1S/C95H60F2N4/c96-83-60-82(86-38-22-37-85(98-86)67-35-20-7-21-36-67)84(97)59-75(83)74-57-93(99-87-45-39-68(61-23-8-1-9-24-61)51-76(87)77-52-69(40-46-88(77)99)62-25-10-2-11-26-62)95(101-91-49-43-72(65-31-16-5-17-32-65)55-80(91)81-56-73(44-50-92(81)101)66-33-18-6-19-34-66)94(58-74)100-89-47-41-70(63-27-12-3-13-28-63)53-78(89)79-54-71(42-48-90(79)100)64-29-14-4-15-30-64/h1-60H. The van der Waals surface area contributed by atoms with Gasteiger partial charge in [0.2, 0.25) is 0 Å². The molecule has 15 aromatic carbocycles. The maximum Gasteiger partial charge on any atom is 0.133 e. The molecule has 0 spiro atoms. The second-order valence-electron chi connectivity index (χ2n) is 26.0. The average molecular weight is 1300 g/mol. The Morgan fingerprint density at radius 1 is 0.188 bits per heavy atom. The Kier molecular flexibility index (Phi) is 14.2. The highest BCUT2D eigenvalue weighted by Crippen LogP contribution is 2.49. The highest BCUT2D eigenvalue weighted by Gasteiger charge is 2.29. The number of hydrogen-bond donors (Lipinski definition) is 0. The second kappa shape index (κ2) is 24.4. The molecule has 0 amide bonds. The lowest BCUT2D eigenvalue weighted by Crippen LogP contribution is -2.10. The third-order valence-corrected chi connectivity index (χ3v) is 20.2. The van der Waals surface area contributed by atoms with Gasteiger partial charge in [-0.3, -0.25) is 0 Å². The van der Waals surface area contributed by atoms with E-state index in [2.05, 4.69) is 317 Å². The first-order valence-corrected chi connectivity index (χ1v) is 34.2. The van der Waals surface area contributed by atoms with Crippen LogP contribution in [0.25, 0.3) is 183 Å². The average Bonchev–Trinajstić information content (AvgIpc) is 1.56. The summed E-state index contributed by atoms with van der Waals surface area (Å²) in [7, 11) is 0. The van der Waals surface area contributed by atoms with Gasteiger partial charge < -0.3 is 13.7 Å². The van der Waals surface area contributed by atoms with Crippen molar-refractivity contribution in [2.45, 2.75) is 0 Å². The van der Waals surface area contributed by atoms with Crippen molar-refractivity contribution in [2.24, 2.45) is 0 Å². The normalized spacial score (nSPS) is 11.7. The molecule has 0 saturated heterocycles. The fraction of sp³-hybridized carbons (Fsp3) is 0. The SMILES string of the molecule is Fc1cc(-c2cccc(-c3ccccc3)n2)c(F)cc1-c1cc(-n2c3ccc(-c4ccccc4)cc3c3cc(-c4ccccc4)ccc32)c(-n2c3ccc(-c4ccccc4)cc3c3cc(-c4ccccc4)ccc32)c(-n2c3ccc(-c4ccccc4)cc3c3cc(-c4ccccc4)ccc32)c1. The topological polar surface area (TPSA) is 27.7 Å². The largest absolute Gasteiger partial charge is 0.307 e. The van der Waals surface area contributed by atoms with Gasteiger partial charge >= 0.3 is 0 Å². The molecule has 0 aliphatic heterocycles. The van der Waals surface area contributed by atoms with Gasteiger partial charge in [-0.25, -0.2) is 13.8 Å². The Morgan fingerprint density at radius 3 is 0.752 bits per heavy atom. The van der Waals surface area contributed by atoms with E-state index in [0.717, 1.165) is 155 Å². The van der Waals surface area contributed by atoms with E-state index in [1.165, 1.54) is 12.1 Å². The van der Waals surface area contributed by atoms with Crippen LogP contribution in [0.2, 0.25) is 0 Å². The van der Waals surface area contributed by atoms with E-state index in [9.17, 15) is 0 Å². The molecule has 0 N–H and O–H groups in total. The molecule has 4 nitrogen and oxygen atoms in total. The first-order chi connectivity index (χ1) is 49.9. The van der Waals surface area contributed by atoms with E-state index in [1.54, 1.807) is 6.07 Å². The maximum absolute atomic E-state index is 18.5. The van der Waals surface area contributed by atoms with Crippen molar-refractivity contribution >= 4 is 65.4 Å². The summed E-state index contributed by atoms with van der Waals surface area (Å²) in [4.78, 5) is 4.95. The van der Waals surface area contributed by atoms with E-state index < -0.39 is 11.6 Å². The molecular weight excluding hydrogens is 1240 g/mol. The van der Waals surface area contributed by atoms with E-state index in [-0.39, 0.29) is 11.1 Å². The fourth-order valence-electron chi connectivity index (χ4n) is 15.3. The first-order valence-electron chi connectivity index (χ1n) is 34.2. The summed E-state index contributed by atoms with van der Waals surface area (Å²) in [6, 6.07) is 126. The number of hydrogen-bond acceptors (Lipinski definition) is 1. The van der Waals surface area contributed by atoms with Crippen LogP contribution in [-0.4, -0.2) is 18.7 Å². The predicted octanol–water partition coefficient (Wildman–Crippen LogP) is 25.7. The van der Waals surface area contributed by atoms with Crippen LogP contribution in [0.5, 0.6) is 0 Å². The number of fused-ring (bicyclic) bond motifs is 9. The Bertz CT molecular complexity index is 5910. The molecule has 0 radical (unpaired) electrons. The Morgan fingerprint density at radius 2 is 0.446 bits per heavy atom. The zero-order valence-electron chi connectivity index (χ0n) is 54.7. The van der Waals surface area contributed by atoms with Crippen LogP contribution in [0, 0.1) is 11.6 Å². The molecule has 4 aromatic heterocycles. The van der Waals surface area contributed by atoms with Crippen LogP contribution in [0.4, 0.5) is 8.78 Å². The molecule has 0 bridgehead atoms. The van der Waals surface area contributed by atoms with E-state index in [4.69, 9.17) is 4.98 Å². The van der Waals surface area contributed by atoms with Gasteiger partial charge in [0.05, 0.1) is 61.6 Å². The number of halogens is 2. The molecule has 0 saturated carbocycles. The molecule has 0 aliphatic carbocycles. The minimum absolute atomic E-state index is 0.0628. The van der Waals surface area contributed by atoms with E-state index >= 15 is 8.78 Å². The summed E-state index contributed by atoms with van der Waals surface area (Å²) in [6.45, 7) is 0. The summed E-state index contributed by atoms with van der Waals surface area (Å²) in [5.41, 5.74) is 23.5. The Hall–Kier alpha value is -13.3. The van der Waals surface area contributed by atoms with E-state index in [1.807, 2.05) is 42.5 Å². The third-order valence-electron chi connectivity index (χ3n) is 20.2. The lowest BCUT2D eigenvalue weighted by molar-refractivity contribution is 0.605. The fourth-order valence-corrected chi connectivity index (χ4v) is 15.3. The molecule has 474 valence electrons. The smallest absolute Gasteiger partial charge is 0.133 e. The summed E-state index contributed by atoms with van der Waals surface area (Å²) in [5.74, 6) is -1.20. The zero-order valence-corrected chi connectivity index (χ0v) is 54.7. The van der Waals surface area contributed by atoms with Crippen molar-refractivity contribution in [3.63, 3.8) is 0 Å². The summed E-state index contributed by atoms with van der Waals surface area (Å²) in [5, 5.41) is 6.24. The van der Waals surface area contributed by atoms with Gasteiger partial charge in [0, 0.05) is 49.0 Å². The predicted molar refractivity (Wildman–Crippen MR) is 416 cm³/mol. The number of nitrogens with zero attached hydrogens (tertiary/aromatic N) is 4. The van der Waals surface area contributed by atoms with Gasteiger partial charge in [-0.2, -0.15) is 0 Å². The van der Waals surface area contributed by atoms with Crippen molar-refractivity contribution in [3.8, 4) is 117 Å². The lowest BCUT2D eigenvalue weighted by atomic mass is 9.98. The molecule has 0 atom stereocenters. The molecule has 0 fully saturated rings. The van der Waals surface area contributed by atoms with Crippen LogP contribution in [0.3, 0.4) is 0 Å². The van der Waals surface area contributed by atoms with Crippen molar-refractivity contribution in [1.29, 1.82) is 0 Å². The molecule has 19 aromatic rings. The monoisotopic (exact) mass is 1290 g/mol. The maximum atomic E-state index is 18.5. The Labute approximate surface area is 582 Å². The van der Waals surface area contributed by atoms with Crippen LogP contribution < -0.4 is 0 Å². The number of benzene rings is 15. The van der Waals surface area contributed by atoms with Crippen LogP contribution in [-0.2, 0) is 0 Å². The molecule has 6 heteroatoms. The summed E-state index contributed by atoms with van der Waals surface area (Å²) >= 11 is 0. The van der Waals surface area contributed by atoms with Crippen LogP contribution >= 0.6 is 0 Å². The minimum atomic E-state index is -0.602. The van der Waals surface area contributed by atoms with Gasteiger partial charge in [0.15, 0.2) is 0 Å². The third kappa shape index (κ3) is 10.2. The molecule has 101 heavy (non-hydrogen) atoms. The van der Waals surface area contributed by atoms with Gasteiger partial charge in [0.1, 0.15) is 11.6 Å². The molecule has 4 heterocycles. The highest BCUT2D eigenvalue weighted by atomic mass is 19.1. The van der Waals surface area contributed by atoms with Gasteiger partial charge in [0.25, 0.3) is 0 Å². The number of aromatic nitrogens is 4. The minimum Gasteiger partial charge on any atom is -0.307 e. The highest BCUT2D eigenvalue weighted by molar-refractivity contribution is 6.16. The van der Waals surface area contributed by atoms with Gasteiger partial charge in [-0.15, -0.1) is 0 Å². The Balaban J connectivity index is 0.988. The van der Waals surface area contributed by atoms with Gasteiger partial charge in [-0.05, 0) is 182 Å². The van der Waals surface area contributed by atoms with Gasteiger partial charge in [-0.1, -0.05) is 255 Å². The number of rotatable bonds is 12. The van der Waals surface area contributed by atoms with E-state index in [0.29, 0.717) is 17.0 Å². The first kappa shape index (κ1) is 59.0. The zero-order chi connectivity index (χ0) is 67.1. The molecule has 0 aliphatic rings. The summed E-state index contributed by atoms with van der Waals surface area (Å²) in [6.07, 6.45) is 0. The summed E-state index contributed by atoms with van der Waals surface area (Å²) < 4.78 is 43.7. The number of pyridine rings is 1. The van der Waals surface area contributed by atoms with Crippen molar-refractivity contribution < 1.29 is 8.78 Å². The molecular formula is C95H60F2N4. The van der Waals surface area contributed by atoms with Crippen LogP contribution in [0.1, 0.15) is 0 Å². The van der Waals surface area contributed by atoms with Crippen LogP contribution in [0.15, 0.2) is 364 Å². The van der Waals surface area contributed by atoms with Crippen molar-refractivity contribution in [1.82, 2.24) is 18.7 Å². The molecule has 0 unspecified atom stereocenters. The lowest BCUT2D eigenvalue weighted by Gasteiger charge is -2.24.